The summed E-state index contributed by atoms with van der Waals surface area (Å²) < 4.78 is 2.06. The first-order valence-corrected chi connectivity index (χ1v) is 12.3. The van der Waals surface area contributed by atoms with Crippen LogP contribution in [-0.2, 0) is 19.4 Å². The second kappa shape index (κ2) is 9.22. The van der Waals surface area contributed by atoms with Gasteiger partial charge in [0.15, 0.2) is 5.69 Å². The molecule has 6 heteroatoms. The van der Waals surface area contributed by atoms with Crippen molar-refractivity contribution in [2.45, 2.75) is 63.5 Å². The van der Waals surface area contributed by atoms with Crippen LogP contribution >= 0.6 is 11.6 Å². The molecule has 0 bridgehead atoms. The predicted octanol–water partition coefficient (Wildman–Crippen LogP) is 5.58. The highest BCUT2D eigenvalue weighted by Gasteiger charge is 2.35. The lowest BCUT2D eigenvalue weighted by molar-refractivity contribution is 0.0777. The number of hydrogen-bond donors (Lipinski definition) is 1. The van der Waals surface area contributed by atoms with E-state index in [-0.39, 0.29) is 17.6 Å². The van der Waals surface area contributed by atoms with Gasteiger partial charge in [-0.25, -0.2) is 0 Å². The number of halogens is 1. The Hall–Kier alpha value is -2.79. The van der Waals surface area contributed by atoms with Gasteiger partial charge in [0.2, 0.25) is 0 Å². The lowest BCUT2D eigenvalue weighted by atomic mass is 9.90. The van der Waals surface area contributed by atoms with Crippen LogP contribution in [0, 0.1) is 0 Å². The van der Waals surface area contributed by atoms with Crippen molar-refractivity contribution in [2.75, 3.05) is 7.05 Å². The summed E-state index contributed by atoms with van der Waals surface area (Å²) in [5.41, 5.74) is 5.13. The standard InChI is InChI=1S/C27H30ClN3O2/c1-30(22-13-14-22)27(33)25-24-8-3-2-6-20(15-19-5-4-7-23(32)16-19)26(24)31(29-25)17-18-9-11-21(28)12-10-18/h4-5,7,9-12,16,20,22,32H,2-3,6,8,13-15,17H2,1H3. The van der Waals surface area contributed by atoms with Crippen LogP contribution < -0.4 is 0 Å². The van der Waals surface area contributed by atoms with E-state index in [2.05, 4.69) is 10.7 Å². The summed E-state index contributed by atoms with van der Waals surface area (Å²) in [5.74, 6) is 0.580. The van der Waals surface area contributed by atoms with Crippen LogP contribution in [-0.4, -0.2) is 38.8 Å². The maximum atomic E-state index is 13.4. The van der Waals surface area contributed by atoms with Crippen molar-refractivity contribution < 1.29 is 9.90 Å². The lowest BCUT2D eigenvalue weighted by Crippen LogP contribution is -2.30. The summed E-state index contributed by atoms with van der Waals surface area (Å²) in [4.78, 5) is 15.3. The lowest BCUT2D eigenvalue weighted by Gasteiger charge is -2.19. The van der Waals surface area contributed by atoms with Gasteiger partial charge >= 0.3 is 0 Å². The van der Waals surface area contributed by atoms with Crippen LogP contribution in [0.15, 0.2) is 48.5 Å². The summed E-state index contributed by atoms with van der Waals surface area (Å²) in [6.07, 6.45) is 7.08. The topological polar surface area (TPSA) is 58.4 Å². The number of hydrogen-bond acceptors (Lipinski definition) is 3. The Bertz CT molecular complexity index is 1150. The fourth-order valence-corrected chi connectivity index (χ4v) is 5.19. The minimum atomic E-state index is 0.0432. The monoisotopic (exact) mass is 463 g/mol. The van der Waals surface area contributed by atoms with Crippen LogP contribution in [0.25, 0.3) is 0 Å². The van der Waals surface area contributed by atoms with Crippen molar-refractivity contribution >= 4 is 17.5 Å². The van der Waals surface area contributed by atoms with E-state index in [4.69, 9.17) is 16.7 Å². The molecule has 1 fully saturated rings. The van der Waals surface area contributed by atoms with Gasteiger partial charge in [-0.05, 0) is 73.9 Å². The zero-order chi connectivity index (χ0) is 22.9. The fourth-order valence-electron chi connectivity index (χ4n) is 5.06. The highest BCUT2D eigenvalue weighted by atomic mass is 35.5. The van der Waals surface area contributed by atoms with Gasteiger partial charge in [0.1, 0.15) is 5.75 Å². The molecule has 1 atom stereocenters. The molecule has 2 aliphatic carbocycles. The molecule has 1 aromatic heterocycles. The Morgan fingerprint density at radius 3 is 2.64 bits per heavy atom. The SMILES string of the molecule is CN(C(=O)c1nn(Cc2ccc(Cl)cc2)c2c1CCCCC2Cc1cccc(O)c1)C1CC1. The third-order valence-corrected chi connectivity index (χ3v) is 7.22. The van der Waals surface area contributed by atoms with Crippen molar-refractivity contribution in [1.82, 2.24) is 14.7 Å². The quantitative estimate of drug-likeness (QED) is 0.485. The van der Waals surface area contributed by atoms with Gasteiger partial charge < -0.3 is 10.0 Å². The van der Waals surface area contributed by atoms with E-state index in [0.717, 1.165) is 61.6 Å². The zero-order valence-electron chi connectivity index (χ0n) is 19.0. The van der Waals surface area contributed by atoms with Crippen molar-refractivity contribution in [3.63, 3.8) is 0 Å². The Morgan fingerprint density at radius 2 is 1.91 bits per heavy atom. The zero-order valence-corrected chi connectivity index (χ0v) is 19.8. The molecule has 0 aliphatic heterocycles. The number of fused-ring (bicyclic) bond motifs is 1. The van der Waals surface area contributed by atoms with E-state index in [1.807, 2.05) is 48.3 Å². The average molecular weight is 464 g/mol. The van der Waals surface area contributed by atoms with Gasteiger partial charge in [0.25, 0.3) is 5.91 Å². The molecule has 2 aromatic carbocycles. The number of aromatic nitrogens is 2. The van der Waals surface area contributed by atoms with Crippen molar-refractivity contribution in [3.8, 4) is 5.75 Å². The Kier molecular flexibility index (Phi) is 6.15. The molecule has 5 rings (SSSR count). The first-order chi connectivity index (χ1) is 16.0. The largest absolute Gasteiger partial charge is 0.508 e. The van der Waals surface area contributed by atoms with Gasteiger partial charge in [-0.2, -0.15) is 5.10 Å². The fraction of sp³-hybridized carbons (Fsp3) is 0.407. The Labute approximate surface area is 200 Å². The molecule has 1 heterocycles. The molecule has 0 radical (unpaired) electrons. The van der Waals surface area contributed by atoms with Gasteiger partial charge in [-0.15, -0.1) is 0 Å². The van der Waals surface area contributed by atoms with E-state index in [1.165, 1.54) is 5.69 Å². The summed E-state index contributed by atoms with van der Waals surface area (Å²) in [7, 11) is 1.91. The molecule has 172 valence electrons. The molecule has 2 aliphatic rings. The highest BCUT2D eigenvalue weighted by Crippen LogP contribution is 2.37. The molecule has 3 aromatic rings. The number of carbonyl (C=O) groups excluding carboxylic acids is 1. The molecule has 1 unspecified atom stereocenters. The second-order valence-corrected chi connectivity index (χ2v) is 9.90. The second-order valence-electron chi connectivity index (χ2n) is 9.46. The Morgan fingerprint density at radius 1 is 1.12 bits per heavy atom. The van der Waals surface area contributed by atoms with Crippen LogP contribution in [0.5, 0.6) is 5.75 Å². The maximum absolute atomic E-state index is 13.4. The van der Waals surface area contributed by atoms with Crippen LogP contribution in [0.1, 0.15) is 70.9 Å². The number of phenolic OH excluding ortho intramolecular Hbond substituents is 1. The minimum Gasteiger partial charge on any atom is -0.508 e. The van der Waals surface area contributed by atoms with Gasteiger partial charge in [-0.3, -0.25) is 9.48 Å². The van der Waals surface area contributed by atoms with Crippen LogP contribution in [0.4, 0.5) is 0 Å². The van der Waals surface area contributed by atoms with E-state index in [1.54, 1.807) is 6.07 Å². The number of rotatable bonds is 6. The molecule has 1 amide bonds. The average Bonchev–Trinajstić information content (AvgIpc) is 3.61. The molecule has 1 N–H and O–H groups in total. The third-order valence-electron chi connectivity index (χ3n) is 6.97. The van der Waals surface area contributed by atoms with Crippen molar-refractivity contribution in [2.24, 2.45) is 0 Å². The van der Waals surface area contributed by atoms with E-state index < -0.39 is 0 Å². The summed E-state index contributed by atoms with van der Waals surface area (Å²) in [6.45, 7) is 0.608. The van der Waals surface area contributed by atoms with Gasteiger partial charge in [0, 0.05) is 35.3 Å². The molecule has 0 saturated heterocycles. The number of nitrogens with zero attached hydrogens (tertiary/aromatic N) is 3. The summed E-state index contributed by atoms with van der Waals surface area (Å²) in [6, 6.07) is 15.7. The summed E-state index contributed by atoms with van der Waals surface area (Å²) >= 11 is 6.10. The van der Waals surface area contributed by atoms with E-state index >= 15 is 0 Å². The number of aromatic hydroxyl groups is 1. The van der Waals surface area contributed by atoms with Crippen molar-refractivity contribution in [3.05, 3.63) is 81.6 Å². The molecular formula is C27H30ClN3O2. The maximum Gasteiger partial charge on any atom is 0.274 e. The van der Waals surface area contributed by atoms with E-state index in [9.17, 15) is 9.90 Å². The van der Waals surface area contributed by atoms with Gasteiger partial charge in [0.05, 0.1) is 6.54 Å². The predicted molar refractivity (Wildman–Crippen MR) is 130 cm³/mol. The first kappa shape index (κ1) is 22.0. The number of benzene rings is 2. The smallest absolute Gasteiger partial charge is 0.274 e. The highest BCUT2D eigenvalue weighted by molar-refractivity contribution is 6.30. The molecule has 5 nitrogen and oxygen atoms in total. The molecule has 0 spiro atoms. The third kappa shape index (κ3) is 4.79. The summed E-state index contributed by atoms with van der Waals surface area (Å²) in [5, 5.41) is 15.6. The normalized spacial score (nSPS) is 17.9. The van der Waals surface area contributed by atoms with Crippen LogP contribution in [0.3, 0.4) is 0 Å². The van der Waals surface area contributed by atoms with Gasteiger partial charge in [-0.1, -0.05) is 42.3 Å². The molecular weight excluding hydrogens is 434 g/mol. The number of phenols is 1. The number of carbonyl (C=O) groups is 1. The molecule has 1 saturated carbocycles. The Balaban J connectivity index is 1.56. The molecule has 33 heavy (non-hydrogen) atoms. The minimum absolute atomic E-state index is 0.0432. The van der Waals surface area contributed by atoms with Crippen LogP contribution in [0.2, 0.25) is 5.02 Å². The number of amides is 1. The first-order valence-electron chi connectivity index (χ1n) is 11.9. The van der Waals surface area contributed by atoms with E-state index in [0.29, 0.717) is 23.3 Å². The van der Waals surface area contributed by atoms with Crippen molar-refractivity contribution in [1.29, 1.82) is 0 Å².